The average molecular weight is 334 g/mol. The van der Waals surface area contributed by atoms with Gasteiger partial charge in [0.2, 0.25) is 5.91 Å². The molecule has 5 heteroatoms. The van der Waals surface area contributed by atoms with Gasteiger partial charge in [-0.3, -0.25) is 9.78 Å². The molecule has 23 heavy (non-hydrogen) atoms. The van der Waals surface area contributed by atoms with Gasteiger partial charge in [0.15, 0.2) is 0 Å². The van der Waals surface area contributed by atoms with Crippen molar-refractivity contribution in [1.82, 2.24) is 9.88 Å². The summed E-state index contributed by atoms with van der Waals surface area (Å²) in [7, 11) is 0. The molecule has 0 aliphatic heterocycles. The summed E-state index contributed by atoms with van der Waals surface area (Å²) in [4.78, 5) is 17.6. The van der Waals surface area contributed by atoms with E-state index in [2.05, 4.69) is 17.2 Å². The molecule has 1 unspecified atom stereocenters. The number of nitrogens with zero attached hydrogens (tertiary/aromatic N) is 2. The number of rotatable bonds is 7. The minimum Gasteiger partial charge on any atom is -0.382 e. The van der Waals surface area contributed by atoms with Gasteiger partial charge in [0.25, 0.3) is 0 Å². The molecule has 0 bridgehead atoms. The maximum atomic E-state index is 11.4. The lowest BCUT2D eigenvalue weighted by molar-refractivity contribution is -0.128. The van der Waals surface area contributed by atoms with Crippen LogP contribution >= 0.6 is 11.6 Å². The fourth-order valence-electron chi connectivity index (χ4n) is 2.71. The summed E-state index contributed by atoms with van der Waals surface area (Å²) in [5.74, 6) is 0.144. The maximum Gasteiger partial charge on any atom is 0.219 e. The summed E-state index contributed by atoms with van der Waals surface area (Å²) in [5.41, 5.74) is 1.96. The van der Waals surface area contributed by atoms with Crippen molar-refractivity contribution < 1.29 is 4.79 Å². The molecule has 0 aliphatic carbocycles. The van der Waals surface area contributed by atoms with Crippen molar-refractivity contribution in [3.8, 4) is 0 Å². The Bertz CT molecular complexity index is 674. The topological polar surface area (TPSA) is 45.2 Å². The molecule has 0 fully saturated rings. The van der Waals surface area contributed by atoms with E-state index in [1.54, 1.807) is 13.1 Å². The molecule has 0 saturated carbocycles. The van der Waals surface area contributed by atoms with Gasteiger partial charge in [0, 0.05) is 48.3 Å². The third kappa shape index (κ3) is 4.83. The number of carbonyl (C=O) groups excluding carboxylic acids is 1. The number of nitrogens with one attached hydrogen (secondary N) is 1. The second-order valence-corrected chi connectivity index (χ2v) is 6.24. The number of hydrogen-bond donors (Lipinski definition) is 1. The van der Waals surface area contributed by atoms with Crippen LogP contribution in [-0.2, 0) is 4.79 Å². The zero-order valence-electron chi connectivity index (χ0n) is 14.0. The largest absolute Gasteiger partial charge is 0.382 e. The summed E-state index contributed by atoms with van der Waals surface area (Å²) in [5, 5.41) is 5.30. The van der Waals surface area contributed by atoms with Gasteiger partial charge in [-0.05, 0) is 51.0 Å². The van der Waals surface area contributed by atoms with Crippen LogP contribution in [0.3, 0.4) is 0 Å². The number of anilines is 1. The van der Waals surface area contributed by atoms with Gasteiger partial charge in [-0.25, -0.2) is 0 Å². The molecule has 4 nitrogen and oxygen atoms in total. The lowest BCUT2D eigenvalue weighted by Gasteiger charge is -2.21. The molecular weight excluding hydrogens is 310 g/mol. The van der Waals surface area contributed by atoms with E-state index in [-0.39, 0.29) is 5.91 Å². The Morgan fingerprint density at radius 2 is 2.17 bits per heavy atom. The van der Waals surface area contributed by atoms with Gasteiger partial charge < -0.3 is 10.2 Å². The van der Waals surface area contributed by atoms with Crippen molar-refractivity contribution >= 4 is 34.1 Å². The highest BCUT2D eigenvalue weighted by molar-refractivity contribution is 6.31. The minimum absolute atomic E-state index is 0.144. The predicted molar refractivity (Wildman–Crippen MR) is 97.0 cm³/mol. The molecule has 1 heterocycles. The van der Waals surface area contributed by atoms with Gasteiger partial charge >= 0.3 is 0 Å². The van der Waals surface area contributed by atoms with E-state index in [0.29, 0.717) is 11.1 Å². The Balaban J connectivity index is 1.95. The molecule has 124 valence electrons. The molecule has 0 aliphatic rings. The highest BCUT2D eigenvalue weighted by atomic mass is 35.5. The van der Waals surface area contributed by atoms with Crippen molar-refractivity contribution in [2.75, 3.05) is 18.4 Å². The number of halogens is 1. The summed E-state index contributed by atoms with van der Waals surface area (Å²) in [6, 6.07) is 8.06. The van der Waals surface area contributed by atoms with E-state index in [4.69, 9.17) is 11.6 Å². The van der Waals surface area contributed by atoms with Crippen molar-refractivity contribution in [3.05, 3.63) is 35.5 Å². The quantitative estimate of drug-likeness (QED) is 0.820. The number of amides is 1. The first-order valence-corrected chi connectivity index (χ1v) is 8.45. The smallest absolute Gasteiger partial charge is 0.219 e. The fraction of sp³-hybridized carbons (Fsp3) is 0.444. The van der Waals surface area contributed by atoms with Gasteiger partial charge in [-0.15, -0.1) is 0 Å². The molecule has 1 atom stereocenters. The number of carbonyl (C=O) groups is 1. The molecular formula is C18H24ClN3O. The number of fused-ring (bicyclic) bond motifs is 1. The molecule has 0 spiro atoms. The first kappa shape index (κ1) is 17.5. The highest BCUT2D eigenvalue weighted by Crippen LogP contribution is 2.25. The molecule has 1 amide bonds. The van der Waals surface area contributed by atoms with Crippen molar-refractivity contribution in [2.24, 2.45) is 0 Å². The third-order valence-electron chi connectivity index (χ3n) is 4.00. The molecule has 2 aromatic rings. The van der Waals surface area contributed by atoms with E-state index in [0.717, 1.165) is 42.5 Å². The highest BCUT2D eigenvalue weighted by Gasteiger charge is 2.09. The molecule has 1 N–H and O–H groups in total. The van der Waals surface area contributed by atoms with E-state index >= 15 is 0 Å². The monoisotopic (exact) mass is 333 g/mol. The van der Waals surface area contributed by atoms with Crippen molar-refractivity contribution in [3.63, 3.8) is 0 Å². The Labute approximate surface area is 142 Å². The normalized spacial score (nSPS) is 12.2. The zero-order valence-corrected chi connectivity index (χ0v) is 14.7. The summed E-state index contributed by atoms with van der Waals surface area (Å²) >= 11 is 6.02. The SMILES string of the molecule is CCN(CCCC(C)Nc1ccnc2cc(Cl)ccc12)C(C)=O. The Kier molecular flexibility index (Phi) is 6.22. The van der Waals surface area contributed by atoms with Gasteiger partial charge in [-0.2, -0.15) is 0 Å². The fourth-order valence-corrected chi connectivity index (χ4v) is 2.88. The minimum atomic E-state index is 0.144. The van der Waals surface area contributed by atoms with Crippen LogP contribution in [0.5, 0.6) is 0 Å². The first-order valence-electron chi connectivity index (χ1n) is 8.07. The van der Waals surface area contributed by atoms with E-state index in [1.807, 2.05) is 36.1 Å². The van der Waals surface area contributed by atoms with Crippen molar-refractivity contribution in [2.45, 2.75) is 39.7 Å². The summed E-state index contributed by atoms with van der Waals surface area (Å²) < 4.78 is 0. The molecule has 0 radical (unpaired) electrons. The second kappa shape index (κ2) is 8.16. The van der Waals surface area contributed by atoms with Crippen LogP contribution < -0.4 is 5.32 Å². The Hall–Kier alpha value is -1.81. The standard InChI is InChI=1S/C18H24ClN3O/c1-4-22(14(3)23)11-5-6-13(2)21-17-9-10-20-18-12-15(19)7-8-16(17)18/h7-10,12-13H,4-6,11H2,1-3H3,(H,20,21). The lowest BCUT2D eigenvalue weighted by atomic mass is 10.1. The summed E-state index contributed by atoms with van der Waals surface area (Å²) in [6.07, 6.45) is 3.78. The lowest BCUT2D eigenvalue weighted by Crippen LogP contribution is -2.30. The second-order valence-electron chi connectivity index (χ2n) is 5.81. The van der Waals surface area contributed by atoms with E-state index in [9.17, 15) is 4.79 Å². The van der Waals surface area contributed by atoms with Gasteiger partial charge in [0.05, 0.1) is 5.52 Å². The van der Waals surface area contributed by atoms with E-state index < -0.39 is 0 Å². The number of aromatic nitrogens is 1. The predicted octanol–water partition coefficient (Wildman–Crippen LogP) is 4.34. The third-order valence-corrected chi connectivity index (χ3v) is 4.23. The van der Waals surface area contributed by atoms with Crippen LogP contribution in [0.2, 0.25) is 5.02 Å². The van der Waals surface area contributed by atoms with Crippen LogP contribution in [0.4, 0.5) is 5.69 Å². The Morgan fingerprint density at radius 3 is 2.87 bits per heavy atom. The number of pyridine rings is 1. The molecule has 1 aromatic heterocycles. The van der Waals surface area contributed by atoms with Crippen molar-refractivity contribution in [1.29, 1.82) is 0 Å². The number of hydrogen-bond acceptors (Lipinski definition) is 3. The number of benzene rings is 1. The first-order chi connectivity index (χ1) is 11.0. The van der Waals surface area contributed by atoms with Crippen LogP contribution in [0.25, 0.3) is 10.9 Å². The average Bonchev–Trinajstić information content (AvgIpc) is 2.51. The Morgan fingerprint density at radius 1 is 1.39 bits per heavy atom. The van der Waals surface area contributed by atoms with Gasteiger partial charge in [-0.1, -0.05) is 11.6 Å². The maximum absolute atomic E-state index is 11.4. The summed E-state index contributed by atoms with van der Waals surface area (Å²) in [6.45, 7) is 7.38. The molecule has 0 saturated heterocycles. The zero-order chi connectivity index (χ0) is 16.8. The molecule has 2 rings (SSSR count). The van der Waals surface area contributed by atoms with Gasteiger partial charge in [0.1, 0.15) is 0 Å². The van der Waals surface area contributed by atoms with E-state index in [1.165, 1.54) is 0 Å². The van der Waals surface area contributed by atoms with Crippen LogP contribution in [0.15, 0.2) is 30.5 Å². The molecule has 1 aromatic carbocycles. The van der Waals surface area contributed by atoms with Crippen LogP contribution in [-0.4, -0.2) is 34.9 Å². The van der Waals surface area contributed by atoms with Crippen LogP contribution in [0, 0.1) is 0 Å². The van der Waals surface area contributed by atoms with Crippen LogP contribution in [0.1, 0.15) is 33.6 Å².